The number of carbonyl (C=O) groups is 1. The molecule has 9 nitrogen and oxygen atoms in total. The second-order valence-electron chi connectivity index (χ2n) is 7.66. The minimum absolute atomic E-state index is 0.329. The van der Waals surface area contributed by atoms with Crippen LogP contribution in [0.3, 0.4) is 0 Å². The van der Waals surface area contributed by atoms with Crippen molar-refractivity contribution in [1.29, 1.82) is 0 Å². The smallest absolute Gasteiger partial charge is 0.410 e. The zero-order valence-corrected chi connectivity index (χ0v) is 17.7. The van der Waals surface area contributed by atoms with E-state index in [0.717, 1.165) is 44.6 Å². The first-order valence-corrected chi connectivity index (χ1v) is 9.79. The highest BCUT2D eigenvalue weighted by molar-refractivity contribution is 5.80. The maximum Gasteiger partial charge on any atom is 0.410 e. The van der Waals surface area contributed by atoms with E-state index >= 15 is 0 Å². The summed E-state index contributed by atoms with van der Waals surface area (Å²) in [5.41, 5.74) is -0.494. The highest BCUT2D eigenvalue weighted by atomic mass is 16.6. The molecule has 1 aliphatic rings. The normalized spacial score (nSPS) is 15.4. The number of aromatic nitrogens is 2. The summed E-state index contributed by atoms with van der Waals surface area (Å²) in [7, 11) is 1.73. The lowest BCUT2D eigenvalue weighted by molar-refractivity contribution is 0.0304. The summed E-state index contributed by atoms with van der Waals surface area (Å²) >= 11 is 0. The Hall–Kier alpha value is -2.58. The summed E-state index contributed by atoms with van der Waals surface area (Å²) in [5, 5.41) is 3.34. The molecule has 0 aliphatic carbocycles. The van der Waals surface area contributed by atoms with E-state index in [9.17, 15) is 4.79 Å². The Morgan fingerprint density at radius 2 is 1.89 bits per heavy atom. The Morgan fingerprint density at radius 3 is 2.46 bits per heavy atom. The number of ether oxygens (including phenoxy) is 1. The number of nitrogens with zero attached hydrogens (tertiary/aromatic N) is 6. The van der Waals surface area contributed by atoms with Crippen LogP contribution in [0.25, 0.3) is 0 Å². The first kappa shape index (κ1) is 21.7. The molecular weight excluding hydrogens is 358 g/mol. The van der Waals surface area contributed by atoms with Gasteiger partial charge in [0.1, 0.15) is 5.60 Å². The predicted molar refractivity (Wildman–Crippen MR) is 111 cm³/mol. The van der Waals surface area contributed by atoms with Gasteiger partial charge in [-0.05, 0) is 33.8 Å². The van der Waals surface area contributed by atoms with Gasteiger partial charge in [0.05, 0.1) is 6.54 Å². The molecule has 0 unspecified atom stereocenters. The van der Waals surface area contributed by atoms with Crippen LogP contribution >= 0.6 is 0 Å². The zero-order valence-electron chi connectivity index (χ0n) is 17.7. The molecule has 0 radical (unpaired) electrons. The number of nitrogens with one attached hydrogen (secondary N) is 1. The van der Waals surface area contributed by atoms with Gasteiger partial charge >= 0.3 is 6.09 Å². The van der Waals surface area contributed by atoms with Crippen LogP contribution in [0.2, 0.25) is 0 Å². The number of piperazine rings is 1. The molecular formula is C19H33N7O2. The number of anilines is 1. The maximum atomic E-state index is 12.0. The molecule has 1 aromatic heterocycles. The van der Waals surface area contributed by atoms with Gasteiger partial charge < -0.3 is 24.8 Å². The Morgan fingerprint density at radius 1 is 1.25 bits per heavy atom. The second kappa shape index (κ2) is 10.1. The number of carbonyl (C=O) groups excluding carboxylic acids is 1. The number of rotatable bonds is 5. The third kappa shape index (κ3) is 6.86. The number of amides is 1. The van der Waals surface area contributed by atoms with Crippen molar-refractivity contribution in [3.8, 4) is 0 Å². The topological polar surface area (TPSA) is 86.2 Å². The zero-order chi connectivity index (χ0) is 20.6. The van der Waals surface area contributed by atoms with E-state index in [1.54, 1.807) is 24.3 Å². The van der Waals surface area contributed by atoms with Crippen molar-refractivity contribution >= 4 is 18.0 Å². The van der Waals surface area contributed by atoms with Crippen molar-refractivity contribution < 1.29 is 9.53 Å². The standard InChI is InChI=1S/C19H33N7O2/c1-6-20-16(23-10-11-24(5)18(27)28-19(2,3)4)25-12-14-26(15-13-25)17-21-8-7-9-22-17/h7-9H,6,10-15H2,1-5H3,(H,20,23). The minimum Gasteiger partial charge on any atom is -0.444 e. The average Bonchev–Trinajstić information content (AvgIpc) is 2.67. The molecule has 1 N–H and O–H groups in total. The van der Waals surface area contributed by atoms with Gasteiger partial charge in [0.2, 0.25) is 5.95 Å². The second-order valence-corrected chi connectivity index (χ2v) is 7.66. The van der Waals surface area contributed by atoms with Gasteiger partial charge in [0.15, 0.2) is 5.96 Å². The number of aliphatic imine (C=N–C) groups is 1. The van der Waals surface area contributed by atoms with Crippen molar-refractivity contribution in [1.82, 2.24) is 25.1 Å². The molecule has 0 saturated carbocycles. The van der Waals surface area contributed by atoms with E-state index in [0.29, 0.717) is 13.1 Å². The van der Waals surface area contributed by atoms with Crippen LogP contribution in [0.15, 0.2) is 23.5 Å². The summed E-state index contributed by atoms with van der Waals surface area (Å²) < 4.78 is 5.37. The molecule has 9 heteroatoms. The fourth-order valence-electron chi connectivity index (χ4n) is 2.74. The molecule has 0 spiro atoms. The number of hydrogen-bond acceptors (Lipinski definition) is 6. The van der Waals surface area contributed by atoms with Crippen molar-refractivity contribution in [2.24, 2.45) is 4.99 Å². The SMILES string of the molecule is CCNC(=NCCN(C)C(=O)OC(C)(C)C)N1CCN(c2ncccn2)CC1. The van der Waals surface area contributed by atoms with Crippen LogP contribution < -0.4 is 10.2 Å². The number of guanidine groups is 1. The quantitative estimate of drug-likeness (QED) is 0.600. The number of likely N-dealkylation sites (N-methyl/N-ethyl adjacent to an activating group) is 1. The minimum atomic E-state index is -0.494. The molecule has 1 saturated heterocycles. The summed E-state index contributed by atoms with van der Waals surface area (Å²) in [6.45, 7) is 12.8. The first-order chi connectivity index (χ1) is 13.3. The van der Waals surface area contributed by atoms with Gasteiger partial charge in [-0.1, -0.05) is 0 Å². The van der Waals surface area contributed by atoms with E-state index in [4.69, 9.17) is 4.74 Å². The largest absolute Gasteiger partial charge is 0.444 e. The molecule has 1 fully saturated rings. The van der Waals surface area contributed by atoms with Crippen LogP contribution in [0, 0.1) is 0 Å². The van der Waals surface area contributed by atoms with Gasteiger partial charge in [-0.25, -0.2) is 14.8 Å². The van der Waals surface area contributed by atoms with Gasteiger partial charge in [-0.3, -0.25) is 4.99 Å². The highest BCUT2D eigenvalue weighted by Crippen LogP contribution is 2.10. The summed E-state index contributed by atoms with van der Waals surface area (Å²) in [6.07, 6.45) is 3.20. The van der Waals surface area contributed by atoms with Crippen LogP contribution in [-0.4, -0.2) is 90.3 Å². The summed E-state index contributed by atoms with van der Waals surface area (Å²) in [6, 6.07) is 1.82. The fourth-order valence-corrected chi connectivity index (χ4v) is 2.74. The lowest BCUT2D eigenvalue weighted by atomic mass is 10.2. The molecule has 28 heavy (non-hydrogen) atoms. The van der Waals surface area contributed by atoms with Gasteiger partial charge in [-0.2, -0.15) is 0 Å². The van der Waals surface area contributed by atoms with Gasteiger partial charge in [-0.15, -0.1) is 0 Å². The molecule has 0 bridgehead atoms. The highest BCUT2D eigenvalue weighted by Gasteiger charge is 2.22. The van der Waals surface area contributed by atoms with Crippen molar-refractivity contribution in [2.75, 3.05) is 57.8 Å². The molecule has 0 atom stereocenters. The third-order valence-electron chi connectivity index (χ3n) is 4.15. The van der Waals surface area contributed by atoms with E-state index in [-0.39, 0.29) is 6.09 Å². The van der Waals surface area contributed by atoms with E-state index in [1.165, 1.54) is 0 Å². The predicted octanol–water partition coefficient (Wildman–Crippen LogP) is 1.43. The van der Waals surface area contributed by atoms with E-state index < -0.39 is 5.60 Å². The van der Waals surface area contributed by atoms with Crippen LogP contribution in [-0.2, 0) is 4.74 Å². The lowest BCUT2D eigenvalue weighted by Crippen LogP contribution is -2.53. The first-order valence-electron chi connectivity index (χ1n) is 9.79. The molecule has 1 amide bonds. The van der Waals surface area contributed by atoms with E-state index in [1.807, 2.05) is 26.8 Å². The van der Waals surface area contributed by atoms with Crippen molar-refractivity contribution in [3.63, 3.8) is 0 Å². The monoisotopic (exact) mass is 391 g/mol. The molecule has 2 heterocycles. The average molecular weight is 392 g/mol. The molecule has 156 valence electrons. The lowest BCUT2D eigenvalue weighted by Gasteiger charge is -2.36. The summed E-state index contributed by atoms with van der Waals surface area (Å²) in [5.74, 6) is 1.64. The Balaban J connectivity index is 1.86. The fraction of sp³-hybridized carbons (Fsp3) is 0.684. The Bertz CT molecular complexity index is 637. The molecule has 1 aromatic rings. The van der Waals surface area contributed by atoms with Crippen molar-refractivity contribution in [3.05, 3.63) is 18.5 Å². The van der Waals surface area contributed by atoms with Crippen LogP contribution in [0.1, 0.15) is 27.7 Å². The Kier molecular flexibility index (Phi) is 7.83. The molecule has 1 aliphatic heterocycles. The third-order valence-corrected chi connectivity index (χ3v) is 4.15. The molecule has 0 aromatic carbocycles. The van der Waals surface area contributed by atoms with Gasteiger partial charge in [0.25, 0.3) is 0 Å². The van der Waals surface area contributed by atoms with Crippen LogP contribution in [0.4, 0.5) is 10.7 Å². The number of hydrogen-bond donors (Lipinski definition) is 1. The van der Waals surface area contributed by atoms with Crippen molar-refractivity contribution in [2.45, 2.75) is 33.3 Å². The molecule has 2 rings (SSSR count). The van der Waals surface area contributed by atoms with Gasteiger partial charge in [0, 0.05) is 58.7 Å². The Labute approximate surface area is 167 Å². The maximum absolute atomic E-state index is 12.0. The van der Waals surface area contributed by atoms with E-state index in [2.05, 4.69) is 37.0 Å². The van der Waals surface area contributed by atoms with Crippen LogP contribution in [0.5, 0.6) is 0 Å². The summed E-state index contributed by atoms with van der Waals surface area (Å²) in [4.78, 5) is 31.3.